The first-order valence-electron chi connectivity index (χ1n) is 6.31. The van der Waals surface area contributed by atoms with Crippen molar-refractivity contribution >= 4 is 0 Å². The van der Waals surface area contributed by atoms with Gasteiger partial charge >= 0.3 is 0 Å². The average Bonchev–Trinajstić information content (AvgIpc) is 2.31. The number of aliphatic hydroxyl groups excluding tert-OH is 1. The van der Waals surface area contributed by atoms with E-state index >= 15 is 0 Å². The summed E-state index contributed by atoms with van der Waals surface area (Å²) in [7, 11) is 2.19. The van der Waals surface area contributed by atoms with E-state index in [2.05, 4.69) is 17.3 Å². The lowest BCUT2D eigenvalue weighted by Gasteiger charge is -2.46. The van der Waals surface area contributed by atoms with Crippen LogP contribution < -0.4 is 5.32 Å². The Labute approximate surface area is 92.8 Å². The first kappa shape index (κ1) is 11.4. The zero-order valence-electron chi connectivity index (χ0n) is 9.84. The molecule has 2 heterocycles. The van der Waals surface area contributed by atoms with Gasteiger partial charge in [0.2, 0.25) is 0 Å². The van der Waals surface area contributed by atoms with Gasteiger partial charge in [0.1, 0.15) is 0 Å². The summed E-state index contributed by atoms with van der Waals surface area (Å²) < 4.78 is 0. The fourth-order valence-electron chi connectivity index (χ4n) is 3.16. The fraction of sp³-hybridized carbons (Fsp3) is 1.00. The fourth-order valence-corrected chi connectivity index (χ4v) is 3.16. The lowest BCUT2D eigenvalue weighted by molar-refractivity contribution is 0.0440. The van der Waals surface area contributed by atoms with E-state index in [1.54, 1.807) is 0 Å². The monoisotopic (exact) mass is 212 g/mol. The van der Waals surface area contributed by atoms with Gasteiger partial charge in [0.15, 0.2) is 0 Å². The van der Waals surface area contributed by atoms with Crippen LogP contribution in [0, 0.1) is 5.92 Å². The van der Waals surface area contributed by atoms with Gasteiger partial charge in [0.25, 0.3) is 0 Å². The predicted octanol–water partition coefficient (Wildman–Crippen LogP) is 0.833. The number of nitrogens with one attached hydrogen (secondary N) is 1. The van der Waals surface area contributed by atoms with Gasteiger partial charge in [-0.15, -0.1) is 0 Å². The molecule has 0 spiro atoms. The van der Waals surface area contributed by atoms with Crippen molar-refractivity contribution in [3.8, 4) is 0 Å². The summed E-state index contributed by atoms with van der Waals surface area (Å²) in [5.41, 5.74) is 0.0551. The van der Waals surface area contributed by atoms with E-state index in [1.807, 2.05) is 0 Å². The highest BCUT2D eigenvalue weighted by Gasteiger charge is 2.39. The third-order valence-electron chi connectivity index (χ3n) is 4.31. The highest BCUT2D eigenvalue weighted by Crippen LogP contribution is 2.33. The van der Waals surface area contributed by atoms with E-state index < -0.39 is 0 Å². The van der Waals surface area contributed by atoms with E-state index in [-0.39, 0.29) is 5.54 Å². The third kappa shape index (κ3) is 2.35. The molecule has 0 radical (unpaired) electrons. The van der Waals surface area contributed by atoms with Crippen molar-refractivity contribution < 1.29 is 5.11 Å². The Kier molecular flexibility index (Phi) is 3.65. The van der Waals surface area contributed by atoms with Crippen LogP contribution in [0.25, 0.3) is 0 Å². The van der Waals surface area contributed by atoms with Gasteiger partial charge in [0, 0.05) is 5.54 Å². The molecule has 1 unspecified atom stereocenters. The average molecular weight is 212 g/mol. The number of hydrogen-bond donors (Lipinski definition) is 2. The molecule has 2 saturated heterocycles. The molecular weight excluding hydrogens is 188 g/mol. The van der Waals surface area contributed by atoms with Crippen LogP contribution >= 0.6 is 0 Å². The van der Waals surface area contributed by atoms with Crippen LogP contribution in [-0.4, -0.2) is 48.8 Å². The molecule has 2 aliphatic heterocycles. The first-order valence-corrected chi connectivity index (χ1v) is 6.31. The van der Waals surface area contributed by atoms with Crippen molar-refractivity contribution in [3.63, 3.8) is 0 Å². The molecule has 2 N–H and O–H groups in total. The molecule has 1 atom stereocenters. The zero-order valence-corrected chi connectivity index (χ0v) is 9.84. The molecule has 88 valence electrons. The highest BCUT2D eigenvalue weighted by molar-refractivity contribution is 4.97. The van der Waals surface area contributed by atoms with Crippen molar-refractivity contribution in [3.05, 3.63) is 0 Å². The van der Waals surface area contributed by atoms with Gasteiger partial charge in [-0.1, -0.05) is 6.42 Å². The van der Waals surface area contributed by atoms with E-state index in [4.69, 9.17) is 0 Å². The molecule has 2 aliphatic rings. The van der Waals surface area contributed by atoms with E-state index in [0.29, 0.717) is 12.5 Å². The van der Waals surface area contributed by atoms with Crippen molar-refractivity contribution in [2.45, 2.75) is 37.6 Å². The lowest BCUT2D eigenvalue weighted by atomic mass is 9.73. The number of hydrogen-bond acceptors (Lipinski definition) is 3. The molecule has 15 heavy (non-hydrogen) atoms. The maximum absolute atomic E-state index is 9.68. The maximum atomic E-state index is 9.68. The van der Waals surface area contributed by atoms with Crippen LogP contribution in [-0.2, 0) is 0 Å². The number of aliphatic hydroxyl groups is 1. The van der Waals surface area contributed by atoms with E-state index in [0.717, 1.165) is 13.0 Å². The summed E-state index contributed by atoms with van der Waals surface area (Å²) in [5.74, 6) is 0.680. The molecule has 0 aromatic carbocycles. The predicted molar refractivity (Wildman–Crippen MR) is 61.9 cm³/mol. The van der Waals surface area contributed by atoms with E-state index in [9.17, 15) is 5.11 Å². The lowest BCUT2D eigenvalue weighted by Crippen LogP contribution is -2.58. The quantitative estimate of drug-likeness (QED) is 0.712. The number of piperidine rings is 2. The molecule has 0 bridgehead atoms. The smallest absolute Gasteiger partial charge is 0.0616 e. The Morgan fingerprint density at radius 1 is 1.33 bits per heavy atom. The maximum Gasteiger partial charge on any atom is 0.0616 e. The minimum absolute atomic E-state index is 0.0551. The minimum atomic E-state index is 0.0551. The van der Waals surface area contributed by atoms with Gasteiger partial charge in [-0.05, 0) is 58.3 Å². The zero-order chi connectivity index (χ0) is 10.7. The minimum Gasteiger partial charge on any atom is -0.394 e. The van der Waals surface area contributed by atoms with Crippen molar-refractivity contribution in [1.29, 1.82) is 0 Å². The third-order valence-corrected chi connectivity index (χ3v) is 4.31. The SMILES string of the molecule is CN1CCC(C2(CO)CCCCN2)CC1. The van der Waals surface area contributed by atoms with Crippen LogP contribution in [0.5, 0.6) is 0 Å². The second-order valence-electron chi connectivity index (χ2n) is 5.28. The Morgan fingerprint density at radius 2 is 2.07 bits per heavy atom. The van der Waals surface area contributed by atoms with E-state index in [1.165, 1.54) is 38.8 Å². The Morgan fingerprint density at radius 3 is 2.60 bits per heavy atom. The summed E-state index contributed by atoms with van der Waals surface area (Å²) in [6.07, 6.45) is 6.19. The largest absolute Gasteiger partial charge is 0.394 e. The summed E-state index contributed by atoms with van der Waals surface area (Å²) in [5, 5.41) is 13.3. The summed E-state index contributed by atoms with van der Waals surface area (Å²) in [6.45, 7) is 3.79. The van der Waals surface area contributed by atoms with Crippen LogP contribution in [0.3, 0.4) is 0 Å². The molecular formula is C12H24N2O. The van der Waals surface area contributed by atoms with Gasteiger partial charge in [-0.2, -0.15) is 0 Å². The van der Waals surface area contributed by atoms with Crippen LogP contribution in [0.15, 0.2) is 0 Å². The Balaban J connectivity index is 1.98. The molecule has 0 aromatic rings. The molecule has 0 aliphatic carbocycles. The topological polar surface area (TPSA) is 35.5 Å². The van der Waals surface area contributed by atoms with Crippen molar-refractivity contribution in [2.75, 3.05) is 33.3 Å². The number of nitrogens with zero attached hydrogens (tertiary/aromatic N) is 1. The summed E-state index contributed by atoms with van der Waals surface area (Å²) in [6, 6.07) is 0. The Bertz CT molecular complexity index is 194. The van der Waals surface area contributed by atoms with Gasteiger partial charge in [-0.25, -0.2) is 0 Å². The molecule has 0 amide bonds. The van der Waals surface area contributed by atoms with Crippen LogP contribution in [0.1, 0.15) is 32.1 Å². The van der Waals surface area contributed by atoms with Gasteiger partial charge in [0.05, 0.1) is 6.61 Å². The number of likely N-dealkylation sites (tertiary alicyclic amines) is 1. The molecule has 3 nitrogen and oxygen atoms in total. The standard InChI is InChI=1S/C12H24N2O/c1-14-8-4-11(5-9-14)12(10-15)6-2-3-7-13-12/h11,13,15H,2-10H2,1H3. The molecule has 0 aromatic heterocycles. The highest BCUT2D eigenvalue weighted by atomic mass is 16.3. The van der Waals surface area contributed by atoms with Crippen molar-refractivity contribution in [1.82, 2.24) is 10.2 Å². The van der Waals surface area contributed by atoms with Crippen LogP contribution in [0.2, 0.25) is 0 Å². The molecule has 3 heteroatoms. The Hall–Kier alpha value is -0.120. The first-order chi connectivity index (χ1) is 7.27. The van der Waals surface area contributed by atoms with Crippen LogP contribution in [0.4, 0.5) is 0 Å². The van der Waals surface area contributed by atoms with Gasteiger partial charge in [-0.3, -0.25) is 0 Å². The second kappa shape index (κ2) is 4.81. The second-order valence-corrected chi connectivity index (χ2v) is 5.28. The number of rotatable bonds is 2. The molecule has 2 fully saturated rings. The normalized spacial score (nSPS) is 35.6. The summed E-state index contributed by atoms with van der Waals surface area (Å²) in [4.78, 5) is 2.39. The van der Waals surface area contributed by atoms with Gasteiger partial charge < -0.3 is 15.3 Å². The van der Waals surface area contributed by atoms with Crippen molar-refractivity contribution in [2.24, 2.45) is 5.92 Å². The summed E-state index contributed by atoms with van der Waals surface area (Å²) >= 11 is 0. The molecule has 2 rings (SSSR count). The molecule has 0 saturated carbocycles.